The largest absolute Gasteiger partial charge is 0.330 e. The average Bonchev–Trinajstić information content (AvgIpc) is 2.67. The molecule has 1 aromatic rings. The van der Waals surface area contributed by atoms with E-state index >= 15 is 0 Å². The van der Waals surface area contributed by atoms with Crippen molar-refractivity contribution in [3.05, 3.63) is 35.4 Å². The number of aryl methyl sites for hydroxylation is 1. The molecule has 1 fully saturated rings. The Morgan fingerprint density at radius 2 is 1.67 bits per heavy atom. The highest BCUT2D eigenvalue weighted by Crippen LogP contribution is 2.30. The van der Waals surface area contributed by atoms with Crippen LogP contribution in [-0.4, -0.2) is 6.54 Å². The summed E-state index contributed by atoms with van der Waals surface area (Å²) >= 11 is 0. The van der Waals surface area contributed by atoms with Gasteiger partial charge in [-0.25, -0.2) is 0 Å². The second kappa shape index (κ2) is 6.94. The summed E-state index contributed by atoms with van der Waals surface area (Å²) in [6.07, 6.45) is 9.64. The zero-order valence-corrected chi connectivity index (χ0v) is 11.7. The van der Waals surface area contributed by atoms with E-state index in [1.54, 1.807) is 0 Å². The van der Waals surface area contributed by atoms with Crippen LogP contribution in [0.5, 0.6) is 0 Å². The maximum absolute atomic E-state index is 6.03. The summed E-state index contributed by atoms with van der Waals surface area (Å²) in [5.74, 6) is 1.55. The molecule has 1 saturated carbocycles. The molecule has 1 aliphatic carbocycles. The van der Waals surface area contributed by atoms with Gasteiger partial charge in [0.1, 0.15) is 0 Å². The predicted octanol–water partition coefficient (Wildman–Crippen LogP) is 4.08. The fourth-order valence-corrected chi connectivity index (χ4v) is 3.25. The molecule has 2 rings (SSSR count). The minimum Gasteiger partial charge on any atom is -0.330 e. The van der Waals surface area contributed by atoms with Crippen molar-refractivity contribution in [2.24, 2.45) is 17.6 Å². The first-order valence-corrected chi connectivity index (χ1v) is 7.55. The lowest BCUT2D eigenvalue weighted by atomic mass is 9.82. The summed E-state index contributed by atoms with van der Waals surface area (Å²) in [5.41, 5.74) is 8.84. The Kier molecular flexibility index (Phi) is 5.25. The van der Waals surface area contributed by atoms with Crippen molar-refractivity contribution in [2.45, 2.75) is 51.9 Å². The van der Waals surface area contributed by atoms with Crippen LogP contribution in [0, 0.1) is 18.8 Å². The van der Waals surface area contributed by atoms with Gasteiger partial charge in [0, 0.05) is 0 Å². The van der Waals surface area contributed by atoms with Crippen LogP contribution in [0.1, 0.15) is 49.7 Å². The molecule has 1 nitrogen and oxygen atoms in total. The predicted molar refractivity (Wildman–Crippen MR) is 78.6 cm³/mol. The summed E-state index contributed by atoms with van der Waals surface area (Å²) in [6, 6.07) is 8.98. The van der Waals surface area contributed by atoms with E-state index in [-0.39, 0.29) is 0 Å². The van der Waals surface area contributed by atoms with Crippen LogP contribution in [0.2, 0.25) is 0 Å². The fourth-order valence-electron chi connectivity index (χ4n) is 3.25. The molecule has 0 bridgehead atoms. The molecular weight excluding hydrogens is 218 g/mol. The third kappa shape index (κ3) is 3.84. The van der Waals surface area contributed by atoms with Gasteiger partial charge in [-0.1, -0.05) is 68.4 Å². The molecule has 0 aromatic heterocycles. The van der Waals surface area contributed by atoms with Crippen molar-refractivity contribution in [2.75, 3.05) is 6.54 Å². The molecule has 1 atom stereocenters. The number of rotatable bonds is 4. The number of nitrogens with two attached hydrogens (primary N) is 1. The zero-order valence-electron chi connectivity index (χ0n) is 11.7. The molecular formula is C17H27N. The maximum atomic E-state index is 6.03. The molecule has 0 saturated heterocycles. The highest BCUT2D eigenvalue weighted by molar-refractivity contribution is 5.21. The molecule has 1 aliphatic rings. The Hall–Kier alpha value is -0.820. The minimum atomic E-state index is 0.686. The van der Waals surface area contributed by atoms with Crippen LogP contribution < -0.4 is 5.73 Å². The van der Waals surface area contributed by atoms with Crippen molar-refractivity contribution >= 4 is 0 Å². The van der Waals surface area contributed by atoms with Crippen LogP contribution in [0.4, 0.5) is 0 Å². The summed E-state index contributed by atoms with van der Waals surface area (Å²) in [5, 5.41) is 0. The van der Waals surface area contributed by atoms with Crippen molar-refractivity contribution in [1.82, 2.24) is 0 Å². The SMILES string of the molecule is Cc1ccc(CC(CN)C2CCCCCC2)cc1. The Labute approximate surface area is 112 Å². The molecule has 1 aromatic carbocycles. The lowest BCUT2D eigenvalue weighted by Crippen LogP contribution is -2.25. The van der Waals surface area contributed by atoms with E-state index in [0.29, 0.717) is 5.92 Å². The Balaban J connectivity index is 1.97. The molecule has 2 N–H and O–H groups in total. The first-order valence-electron chi connectivity index (χ1n) is 7.55. The number of hydrogen-bond donors (Lipinski definition) is 1. The van der Waals surface area contributed by atoms with Crippen LogP contribution in [0.25, 0.3) is 0 Å². The summed E-state index contributed by atoms with van der Waals surface area (Å²) in [7, 11) is 0. The maximum Gasteiger partial charge on any atom is -0.00430 e. The van der Waals surface area contributed by atoms with Gasteiger partial charge in [0.05, 0.1) is 0 Å². The third-order valence-corrected chi connectivity index (χ3v) is 4.49. The van der Waals surface area contributed by atoms with E-state index in [1.807, 2.05) is 0 Å². The molecule has 0 amide bonds. The summed E-state index contributed by atoms with van der Waals surface area (Å²) < 4.78 is 0. The molecule has 1 heteroatoms. The Bertz CT molecular complexity index is 333. The average molecular weight is 245 g/mol. The van der Waals surface area contributed by atoms with E-state index in [4.69, 9.17) is 5.73 Å². The lowest BCUT2D eigenvalue weighted by molar-refractivity contribution is 0.302. The van der Waals surface area contributed by atoms with Gasteiger partial charge < -0.3 is 5.73 Å². The molecule has 0 radical (unpaired) electrons. The number of hydrogen-bond acceptors (Lipinski definition) is 1. The van der Waals surface area contributed by atoms with E-state index in [9.17, 15) is 0 Å². The molecule has 100 valence electrons. The van der Waals surface area contributed by atoms with Crippen molar-refractivity contribution < 1.29 is 0 Å². The van der Waals surface area contributed by atoms with E-state index in [2.05, 4.69) is 31.2 Å². The topological polar surface area (TPSA) is 26.0 Å². The smallest absolute Gasteiger partial charge is 0.00430 e. The lowest BCUT2D eigenvalue weighted by Gasteiger charge is -2.25. The Morgan fingerprint density at radius 1 is 1.06 bits per heavy atom. The van der Waals surface area contributed by atoms with Crippen LogP contribution in [-0.2, 0) is 6.42 Å². The van der Waals surface area contributed by atoms with Crippen LogP contribution in [0.15, 0.2) is 24.3 Å². The van der Waals surface area contributed by atoms with Crippen molar-refractivity contribution in [1.29, 1.82) is 0 Å². The van der Waals surface area contributed by atoms with Gasteiger partial charge in [0.25, 0.3) is 0 Å². The highest BCUT2D eigenvalue weighted by atomic mass is 14.6. The minimum absolute atomic E-state index is 0.686. The third-order valence-electron chi connectivity index (χ3n) is 4.49. The molecule has 0 heterocycles. The molecule has 18 heavy (non-hydrogen) atoms. The second-order valence-corrected chi connectivity index (χ2v) is 5.94. The fraction of sp³-hybridized carbons (Fsp3) is 0.647. The van der Waals surface area contributed by atoms with E-state index in [0.717, 1.165) is 12.5 Å². The highest BCUT2D eigenvalue weighted by Gasteiger charge is 2.21. The molecule has 1 unspecified atom stereocenters. The van der Waals surface area contributed by atoms with Gasteiger partial charge >= 0.3 is 0 Å². The van der Waals surface area contributed by atoms with Gasteiger partial charge in [-0.15, -0.1) is 0 Å². The van der Waals surface area contributed by atoms with Crippen LogP contribution >= 0.6 is 0 Å². The quantitative estimate of drug-likeness (QED) is 0.795. The van der Waals surface area contributed by atoms with Crippen molar-refractivity contribution in [3.8, 4) is 0 Å². The summed E-state index contributed by atoms with van der Waals surface area (Å²) in [6.45, 7) is 2.99. The van der Waals surface area contributed by atoms with Crippen molar-refractivity contribution in [3.63, 3.8) is 0 Å². The zero-order chi connectivity index (χ0) is 12.8. The van der Waals surface area contributed by atoms with Crippen LogP contribution in [0.3, 0.4) is 0 Å². The standard InChI is InChI=1S/C17H27N/c1-14-8-10-15(11-9-14)12-17(13-18)16-6-4-2-3-5-7-16/h8-11,16-17H,2-7,12-13,18H2,1H3. The van der Waals surface area contributed by atoms with Gasteiger partial charge in [0.15, 0.2) is 0 Å². The van der Waals surface area contributed by atoms with Gasteiger partial charge in [-0.05, 0) is 37.3 Å². The second-order valence-electron chi connectivity index (χ2n) is 5.94. The first-order chi connectivity index (χ1) is 8.79. The van der Waals surface area contributed by atoms with Gasteiger partial charge in [-0.2, -0.15) is 0 Å². The van der Waals surface area contributed by atoms with Gasteiger partial charge in [0.2, 0.25) is 0 Å². The normalized spacial score (nSPS) is 19.4. The van der Waals surface area contributed by atoms with E-state index in [1.165, 1.54) is 56.1 Å². The molecule has 0 spiro atoms. The summed E-state index contributed by atoms with van der Waals surface area (Å²) in [4.78, 5) is 0. The number of benzene rings is 1. The molecule has 0 aliphatic heterocycles. The van der Waals surface area contributed by atoms with E-state index < -0.39 is 0 Å². The van der Waals surface area contributed by atoms with Gasteiger partial charge in [-0.3, -0.25) is 0 Å². The Morgan fingerprint density at radius 3 is 2.22 bits per heavy atom. The monoisotopic (exact) mass is 245 g/mol. The first kappa shape index (κ1) is 13.6.